The maximum Gasteiger partial charge on any atom is 0.232 e. The van der Waals surface area contributed by atoms with Crippen LogP contribution in [0.2, 0.25) is 0 Å². The summed E-state index contributed by atoms with van der Waals surface area (Å²) in [5.74, 6) is 2.55. The topological polar surface area (TPSA) is 23.6 Å². The zero-order chi connectivity index (χ0) is 16.8. The Morgan fingerprint density at radius 3 is 2.50 bits per heavy atom. The van der Waals surface area contributed by atoms with E-state index in [1.165, 1.54) is 44.5 Å². The minimum absolute atomic E-state index is 0.338. The molecule has 0 saturated carbocycles. The van der Waals surface area contributed by atoms with E-state index < -0.39 is 0 Å². The third-order valence-corrected chi connectivity index (χ3v) is 6.24. The van der Waals surface area contributed by atoms with Crippen molar-refractivity contribution in [3.63, 3.8) is 0 Å². The molecule has 132 valence electrons. The number of rotatable bonds is 6. The van der Waals surface area contributed by atoms with Gasteiger partial charge in [0, 0.05) is 19.6 Å². The fourth-order valence-electron chi connectivity index (χ4n) is 4.19. The number of piperidine rings is 1. The van der Waals surface area contributed by atoms with Gasteiger partial charge in [0.05, 0.1) is 5.75 Å². The number of hydrogen-bond donors (Lipinski definition) is 0. The molecule has 0 unspecified atom stereocenters. The van der Waals surface area contributed by atoms with Crippen molar-refractivity contribution in [2.24, 2.45) is 11.8 Å². The molecular formula is C20H30N2OS. The van der Waals surface area contributed by atoms with E-state index in [9.17, 15) is 4.79 Å². The van der Waals surface area contributed by atoms with E-state index in [0.29, 0.717) is 11.7 Å². The zero-order valence-corrected chi connectivity index (χ0v) is 15.6. The maximum absolute atomic E-state index is 12.0. The second-order valence-corrected chi connectivity index (χ2v) is 8.10. The first-order valence-corrected chi connectivity index (χ1v) is 10.7. The highest BCUT2D eigenvalue weighted by molar-refractivity contribution is 7.99. The van der Waals surface area contributed by atoms with E-state index in [0.717, 1.165) is 31.3 Å². The lowest BCUT2D eigenvalue weighted by molar-refractivity contribution is -0.127. The molecule has 0 aromatic heterocycles. The second-order valence-electron chi connectivity index (χ2n) is 7.24. The molecule has 3 nitrogen and oxygen atoms in total. The first-order chi connectivity index (χ1) is 11.8. The van der Waals surface area contributed by atoms with Crippen LogP contribution in [0.1, 0.15) is 24.8 Å². The minimum atomic E-state index is 0.338. The van der Waals surface area contributed by atoms with Crippen LogP contribution in [0, 0.1) is 11.8 Å². The van der Waals surface area contributed by atoms with Gasteiger partial charge in [0.25, 0.3) is 0 Å². The Morgan fingerprint density at radius 1 is 1.08 bits per heavy atom. The molecule has 1 amide bonds. The number of carbonyl (C=O) groups excluding carboxylic acids is 1. The van der Waals surface area contributed by atoms with E-state index in [1.807, 2.05) is 6.26 Å². The van der Waals surface area contributed by atoms with Crippen molar-refractivity contribution >= 4 is 17.7 Å². The van der Waals surface area contributed by atoms with Crippen LogP contribution < -0.4 is 0 Å². The number of benzene rings is 1. The normalized spacial score (nSPS) is 22.9. The number of thioether (sulfide) groups is 1. The highest BCUT2D eigenvalue weighted by Crippen LogP contribution is 2.32. The minimum Gasteiger partial charge on any atom is -0.342 e. The Labute approximate surface area is 150 Å². The van der Waals surface area contributed by atoms with Gasteiger partial charge in [-0.25, -0.2) is 0 Å². The molecule has 2 aliphatic rings. The van der Waals surface area contributed by atoms with E-state index in [4.69, 9.17) is 0 Å². The highest BCUT2D eigenvalue weighted by atomic mass is 32.2. The molecule has 0 spiro atoms. The van der Waals surface area contributed by atoms with Crippen LogP contribution in [0.4, 0.5) is 0 Å². The molecular weight excluding hydrogens is 316 g/mol. The van der Waals surface area contributed by atoms with Gasteiger partial charge in [-0.05, 0) is 62.4 Å². The van der Waals surface area contributed by atoms with Crippen molar-refractivity contribution < 1.29 is 4.79 Å². The predicted octanol–water partition coefficient (Wildman–Crippen LogP) is 3.15. The molecule has 0 bridgehead atoms. The molecule has 0 N–H and O–H groups in total. The van der Waals surface area contributed by atoms with Gasteiger partial charge in [-0.3, -0.25) is 4.79 Å². The standard InChI is InChI=1S/C20H30N2OS/c1-24-16-20(23)22-14-10-19(15-22)18-8-12-21(13-9-18)11-7-17-5-3-2-4-6-17/h2-6,18-19H,7-16H2,1H3/t19-/m0/s1. The summed E-state index contributed by atoms with van der Waals surface area (Å²) in [6.45, 7) is 5.63. The number of likely N-dealkylation sites (tertiary alicyclic amines) is 2. The van der Waals surface area contributed by atoms with Gasteiger partial charge in [0.1, 0.15) is 0 Å². The quantitative estimate of drug-likeness (QED) is 0.790. The van der Waals surface area contributed by atoms with Crippen LogP contribution in [0.3, 0.4) is 0 Å². The SMILES string of the molecule is CSCC(=O)N1CC[C@H](C2CCN(CCc3ccccc3)CC2)C1. The predicted molar refractivity (Wildman–Crippen MR) is 102 cm³/mol. The van der Waals surface area contributed by atoms with Gasteiger partial charge in [0.2, 0.25) is 5.91 Å². The second kappa shape index (κ2) is 8.91. The van der Waals surface area contributed by atoms with Crippen molar-refractivity contribution in [3.05, 3.63) is 35.9 Å². The number of amides is 1. The third kappa shape index (κ3) is 4.76. The Morgan fingerprint density at radius 2 is 1.79 bits per heavy atom. The molecule has 0 aliphatic carbocycles. The molecule has 1 aromatic rings. The molecule has 3 rings (SSSR count). The summed E-state index contributed by atoms with van der Waals surface area (Å²) in [5, 5.41) is 0. The molecule has 1 atom stereocenters. The van der Waals surface area contributed by atoms with Crippen molar-refractivity contribution in [2.75, 3.05) is 44.7 Å². The van der Waals surface area contributed by atoms with Gasteiger partial charge in [-0.1, -0.05) is 30.3 Å². The Balaban J connectivity index is 1.39. The van der Waals surface area contributed by atoms with Crippen molar-refractivity contribution in [1.29, 1.82) is 0 Å². The monoisotopic (exact) mass is 346 g/mol. The summed E-state index contributed by atoms with van der Waals surface area (Å²) in [6.07, 6.45) is 7.01. The van der Waals surface area contributed by atoms with Gasteiger partial charge in [-0.2, -0.15) is 11.8 Å². The first kappa shape index (κ1) is 17.8. The summed E-state index contributed by atoms with van der Waals surface area (Å²) in [5.41, 5.74) is 1.44. The van der Waals surface area contributed by atoms with Crippen LogP contribution in [-0.2, 0) is 11.2 Å². The first-order valence-electron chi connectivity index (χ1n) is 9.29. The third-order valence-electron chi connectivity index (χ3n) is 5.70. The molecule has 0 radical (unpaired) electrons. The lowest BCUT2D eigenvalue weighted by Crippen LogP contribution is -2.38. The molecule has 24 heavy (non-hydrogen) atoms. The molecule has 2 saturated heterocycles. The fourth-order valence-corrected chi connectivity index (χ4v) is 4.62. The largest absolute Gasteiger partial charge is 0.342 e. The Bertz CT molecular complexity index is 514. The number of hydrogen-bond acceptors (Lipinski definition) is 3. The Hall–Kier alpha value is -1.00. The van der Waals surface area contributed by atoms with Crippen LogP contribution in [0.5, 0.6) is 0 Å². The number of nitrogens with zero attached hydrogens (tertiary/aromatic N) is 2. The summed E-state index contributed by atoms with van der Waals surface area (Å²) >= 11 is 1.64. The Kier molecular flexibility index (Phi) is 6.61. The molecule has 1 aromatic carbocycles. The van der Waals surface area contributed by atoms with E-state index in [1.54, 1.807) is 11.8 Å². The van der Waals surface area contributed by atoms with Gasteiger partial charge in [-0.15, -0.1) is 0 Å². The van der Waals surface area contributed by atoms with Crippen LogP contribution >= 0.6 is 11.8 Å². The van der Waals surface area contributed by atoms with Crippen molar-refractivity contribution in [3.8, 4) is 0 Å². The van der Waals surface area contributed by atoms with Crippen LogP contribution in [-0.4, -0.2) is 60.4 Å². The van der Waals surface area contributed by atoms with Gasteiger partial charge >= 0.3 is 0 Å². The smallest absolute Gasteiger partial charge is 0.232 e. The molecule has 4 heteroatoms. The average Bonchev–Trinajstić information content (AvgIpc) is 3.12. The van der Waals surface area contributed by atoms with Crippen LogP contribution in [0.15, 0.2) is 30.3 Å². The maximum atomic E-state index is 12.0. The number of carbonyl (C=O) groups is 1. The molecule has 2 fully saturated rings. The zero-order valence-electron chi connectivity index (χ0n) is 14.8. The van der Waals surface area contributed by atoms with Gasteiger partial charge < -0.3 is 9.80 Å². The van der Waals surface area contributed by atoms with E-state index >= 15 is 0 Å². The summed E-state index contributed by atoms with van der Waals surface area (Å²) in [7, 11) is 0. The van der Waals surface area contributed by atoms with Crippen molar-refractivity contribution in [1.82, 2.24) is 9.80 Å². The summed E-state index contributed by atoms with van der Waals surface area (Å²) in [6, 6.07) is 10.8. The van der Waals surface area contributed by atoms with Crippen LogP contribution in [0.25, 0.3) is 0 Å². The summed E-state index contributed by atoms with van der Waals surface area (Å²) < 4.78 is 0. The fraction of sp³-hybridized carbons (Fsp3) is 0.650. The van der Waals surface area contributed by atoms with E-state index in [-0.39, 0.29) is 0 Å². The van der Waals surface area contributed by atoms with Crippen molar-refractivity contribution in [2.45, 2.75) is 25.7 Å². The lowest BCUT2D eigenvalue weighted by Gasteiger charge is -2.34. The summed E-state index contributed by atoms with van der Waals surface area (Å²) in [4.78, 5) is 16.8. The van der Waals surface area contributed by atoms with E-state index in [2.05, 4.69) is 40.1 Å². The van der Waals surface area contributed by atoms with Gasteiger partial charge in [0.15, 0.2) is 0 Å². The highest BCUT2D eigenvalue weighted by Gasteiger charge is 2.33. The lowest BCUT2D eigenvalue weighted by atomic mass is 9.83. The average molecular weight is 347 g/mol. The molecule has 2 aliphatic heterocycles. The molecule has 2 heterocycles.